The third-order valence-electron chi connectivity index (χ3n) is 3.80. The fourth-order valence-electron chi connectivity index (χ4n) is 2.67. The number of rotatable bonds is 3. The van der Waals surface area contributed by atoms with Crippen molar-refractivity contribution >= 4 is 17.3 Å². The largest absolute Gasteiger partial charge is 0.490 e. The molecule has 1 aromatic heterocycles. The molecular weight excluding hydrogens is 345 g/mol. The Morgan fingerprint density at radius 1 is 1.33 bits per heavy atom. The summed E-state index contributed by atoms with van der Waals surface area (Å²) in [6.07, 6.45) is 0. The lowest BCUT2D eigenvalue weighted by Crippen LogP contribution is -2.23. The molecule has 2 heterocycles. The van der Waals surface area contributed by atoms with Gasteiger partial charge in [0.2, 0.25) is 0 Å². The molecule has 0 unspecified atom stereocenters. The SMILES string of the molecule is COc1cc(F)c(-c2c(Cl)n3n(c2=O)CCOCC3)cc1[N+](=O)[O-]. The number of nitrogens with zero attached hydrogens (tertiary/aromatic N) is 3. The molecule has 24 heavy (non-hydrogen) atoms. The van der Waals surface area contributed by atoms with Crippen molar-refractivity contribution in [3.05, 3.63) is 43.6 Å². The molecule has 0 bridgehead atoms. The van der Waals surface area contributed by atoms with Crippen molar-refractivity contribution in [3.63, 3.8) is 0 Å². The van der Waals surface area contributed by atoms with Crippen molar-refractivity contribution in [3.8, 4) is 16.9 Å². The Labute approximate surface area is 140 Å². The number of benzene rings is 1. The lowest BCUT2D eigenvalue weighted by atomic mass is 10.1. The van der Waals surface area contributed by atoms with E-state index in [1.54, 1.807) is 0 Å². The number of hydrogen-bond donors (Lipinski definition) is 0. The van der Waals surface area contributed by atoms with E-state index in [1.165, 1.54) is 16.5 Å². The summed E-state index contributed by atoms with van der Waals surface area (Å²) in [5.74, 6) is -1.05. The average molecular weight is 358 g/mol. The van der Waals surface area contributed by atoms with Crippen LogP contribution in [-0.2, 0) is 17.8 Å². The standard InChI is InChI=1S/C14H13ClFN3O5/c1-23-11-7-9(16)8(6-10(11)19(21)22)12-13(15)17-2-4-24-5-3-18(17)14(12)20/h6-7H,2-5H2,1H3. The van der Waals surface area contributed by atoms with Gasteiger partial charge in [-0.1, -0.05) is 11.6 Å². The molecule has 3 rings (SSSR count). The van der Waals surface area contributed by atoms with Gasteiger partial charge in [0, 0.05) is 17.7 Å². The van der Waals surface area contributed by atoms with E-state index in [9.17, 15) is 19.3 Å². The maximum atomic E-state index is 14.4. The number of nitro groups is 1. The van der Waals surface area contributed by atoms with Crippen LogP contribution in [0.1, 0.15) is 0 Å². The van der Waals surface area contributed by atoms with Crippen LogP contribution in [-0.4, -0.2) is 34.6 Å². The Morgan fingerprint density at radius 3 is 2.62 bits per heavy atom. The Balaban J connectivity index is 2.25. The van der Waals surface area contributed by atoms with Crippen molar-refractivity contribution in [1.29, 1.82) is 0 Å². The molecule has 0 fully saturated rings. The van der Waals surface area contributed by atoms with E-state index >= 15 is 0 Å². The summed E-state index contributed by atoms with van der Waals surface area (Å²) in [6, 6.07) is 1.84. The summed E-state index contributed by atoms with van der Waals surface area (Å²) in [6.45, 7) is 1.27. The predicted octanol–water partition coefficient (Wildman–Crippen LogP) is 2.06. The molecule has 0 saturated heterocycles. The van der Waals surface area contributed by atoms with Gasteiger partial charge in [-0.2, -0.15) is 0 Å². The molecule has 0 amide bonds. The second kappa shape index (κ2) is 6.25. The summed E-state index contributed by atoms with van der Waals surface area (Å²) < 4.78 is 27.4. The van der Waals surface area contributed by atoms with Crippen LogP contribution in [0.4, 0.5) is 10.1 Å². The van der Waals surface area contributed by atoms with Crippen LogP contribution >= 0.6 is 11.6 Å². The molecule has 0 N–H and O–H groups in total. The molecule has 128 valence electrons. The minimum absolute atomic E-state index is 0.0175. The van der Waals surface area contributed by atoms with E-state index in [1.807, 2.05) is 0 Å². The number of methoxy groups -OCH3 is 1. The maximum absolute atomic E-state index is 14.4. The van der Waals surface area contributed by atoms with Gasteiger partial charge in [-0.15, -0.1) is 0 Å². The van der Waals surface area contributed by atoms with Crippen molar-refractivity contribution in [2.24, 2.45) is 0 Å². The number of fused-ring (bicyclic) bond motifs is 1. The summed E-state index contributed by atoms with van der Waals surface area (Å²) in [4.78, 5) is 23.1. The molecule has 0 spiro atoms. The van der Waals surface area contributed by atoms with Gasteiger partial charge < -0.3 is 9.47 Å². The van der Waals surface area contributed by atoms with E-state index in [2.05, 4.69) is 0 Å². The van der Waals surface area contributed by atoms with E-state index in [0.29, 0.717) is 19.8 Å². The summed E-state index contributed by atoms with van der Waals surface area (Å²) >= 11 is 6.25. The molecule has 10 heteroatoms. The van der Waals surface area contributed by atoms with E-state index in [-0.39, 0.29) is 28.6 Å². The zero-order valence-corrected chi connectivity index (χ0v) is 13.4. The minimum atomic E-state index is -0.825. The summed E-state index contributed by atoms with van der Waals surface area (Å²) in [7, 11) is 1.20. The predicted molar refractivity (Wildman–Crippen MR) is 83.1 cm³/mol. The maximum Gasteiger partial charge on any atom is 0.311 e. The molecule has 0 saturated carbocycles. The molecule has 0 aliphatic carbocycles. The first kappa shape index (κ1) is 16.5. The highest BCUT2D eigenvalue weighted by Crippen LogP contribution is 2.36. The first-order chi connectivity index (χ1) is 11.5. The minimum Gasteiger partial charge on any atom is -0.490 e. The van der Waals surface area contributed by atoms with Crippen molar-refractivity contribution in [2.45, 2.75) is 13.1 Å². The Kier molecular flexibility index (Phi) is 4.29. The van der Waals surface area contributed by atoms with E-state index in [4.69, 9.17) is 21.1 Å². The molecule has 0 atom stereocenters. The smallest absolute Gasteiger partial charge is 0.311 e. The number of aromatic nitrogens is 2. The van der Waals surface area contributed by atoms with Gasteiger partial charge in [0.25, 0.3) is 5.56 Å². The van der Waals surface area contributed by atoms with Crippen LogP contribution in [0.2, 0.25) is 5.15 Å². The van der Waals surface area contributed by atoms with Crippen LogP contribution in [0, 0.1) is 15.9 Å². The topological polar surface area (TPSA) is 88.5 Å². The number of halogens is 2. The van der Waals surface area contributed by atoms with Gasteiger partial charge in [-0.25, -0.2) is 9.07 Å². The lowest BCUT2D eigenvalue weighted by Gasteiger charge is -2.07. The average Bonchev–Trinajstić information content (AvgIpc) is 2.74. The number of ether oxygens (including phenoxy) is 2. The van der Waals surface area contributed by atoms with Gasteiger partial charge >= 0.3 is 5.69 Å². The summed E-state index contributed by atoms with van der Waals surface area (Å²) in [5.41, 5.74) is -1.31. The molecule has 1 aliphatic rings. The molecule has 8 nitrogen and oxygen atoms in total. The Bertz CT molecular complexity index is 876. The molecular formula is C14H13ClFN3O5. The van der Waals surface area contributed by atoms with Crippen LogP contribution < -0.4 is 10.3 Å². The highest BCUT2D eigenvalue weighted by Gasteiger charge is 2.27. The third kappa shape index (κ3) is 2.55. The quantitative estimate of drug-likeness (QED) is 0.619. The lowest BCUT2D eigenvalue weighted by molar-refractivity contribution is -0.385. The zero-order valence-electron chi connectivity index (χ0n) is 12.6. The van der Waals surface area contributed by atoms with Crippen LogP contribution in [0.25, 0.3) is 11.1 Å². The number of hydrogen-bond acceptors (Lipinski definition) is 5. The van der Waals surface area contributed by atoms with Crippen LogP contribution in [0.15, 0.2) is 16.9 Å². The van der Waals surface area contributed by atoms with E-state index in [0.717, 1.165) is 12.1 Å². The monoisotopic (exact) mass is 357 g/mol. The molecule has 1 aliphatic heterocycles. The first-order valence-electron chi connectivity index (χ1n) is 7.04. The zero-order chi connectivity index (χ0) is 17.4. The second-order valence-electron chi connectivity index (χ2n) is 5.09. The fourth-order valence-corrected chi connectivity index (χ4v) is 3.03. The van der Waals surface area contributed by atoms with Crippen LogP contribution in [0.3, 0.4) is 0 Å². The number of nitro benzene ring substituents is 1. The third-order valence-corrected chi connectivity index (χ3v) is 4.19. The molecule has 0 radical (unpaired) electrons. The summed E-state index contributed by atoms with van der Waals surface area (Å²) in [5, 5.41) is 11.2. The molecule has 1 aromatic carbocycles. The van der Waals surface area contributed by atoms with Gasteiger partial charge in [0.15, 0.2) is 5.75 Å². The highest BCUT2D eigenvalue weighted by molar-refractivity contribution is 6.32. The van der Waals surface area contributed by atoms with Crippen molar-refractivity contribution in [1.82, 2.24) is 9.36 Å². The van der Waals surface area contributed by atoms with Gasteiger partial charge in [0.1, 0.15) is 11.0 Å². The highest BCUT2D eigenvalue weighted by atomic mass is 35.5. The first-order valence-corrected chi connectivity index (χ1v) is 7.42. The van der Waals surface area contributed by atoms with Gasteiger partial charge in [-0.3, -0.25) is 19.6 Å². The van der Waals surface area contributed by atoms with Crippen molar-refractivity contribution < 1.29 is 18.8 Å². The van der Waals surface area contributed by atoms with Gasteiger partial charge in [-0.05, 0) is 0 Å². The Morgan fingerprint density at radius 2 is 2.00 bits per heavy atom. The fraction of sp³-hybridized carbons (Fsp3) is 0.357. The van der Waals surface area contributed by atoms with E-state index < -0.39 is 22.0 Å². The van der Waals surface area contributed by atoms with Gasteiger partial charge in [0.05, 0.1) is 43.9 Å². The molecule has 2 aromatic rings. The van der Waals surface area contributed by atoms with Crippen LogP contribution in [0.5, 0.6) is 5.75 Å². The second-order valence-corrected chi connectivity index (χ2v) is 5.45. The Hall–Kier alpha value is -2.39. The van der Waals surface area contributed by atoms with Crippen molar-refractivity contribution in [2.75, 3.05) is 20.3 Å². The normalized spacial score (nSPS) is 14.1.